The topological polar surface area (TPSA) is 0 Å². The molecule has 0 amide bonds. The minimum absolute atomic E-state index is 0.979. The Morgan fingerprint density at radius 1 is 1.15 bits per heavy atom. The first-order valence-electron chi connectivity index (χ1n) is 6.20. The summed E-state index contributed by atoms with van der Waals surface area (Å²) in [5.74, 6) is 4.04. The van der Waals surface area contributed by atoms with Crippen LogP contribution in [0.4, 0.5) is 0 Å². The highest BCUT2D eigenvalue weighted by molar-refractivity contribution is 4.85. The number of hydrogen-bond donors (Lipinski definition) is 0. The van der Waals surface area contributed by atoms with Crippen molar-refractivity contribution in [3.8, 4) is 0 Å². The third-order valence-corrected chi connectivity index (χ3v) is 4.25. The molecular formula is C13H26. The fourth-order valence-electron chi connectivity index (χ4n) is 3.22. The monoisotopic (exact) mass is 182 g/mol. The van der Waals surface area contributed by atoms with Crippen molar-refractivity contribution in [2.24, 2.45) is 23.7 Å². The Bertz CT molecular complexity index is 139. The van der Waals surface area contributed by atoms with Crippen LogP contribution in [0.1, 0.15) is 59.8 Å². The predicted octanol–water partition coefficient (Wildman–Crippen LogP) is 4.49. The summed E-state index contributed by atoms with van der Waals surface area (Å²) in [5.41, 5.74) is 0. The largest absolute Gasteiger partial charge is 0.0654 e. The second-order valence-corrected chi connectivity index (χ2v) is 5.05. The van der Waals surface area contributed by atoms with Crippen LogP contribution in [0.2, 0.25) is 0 Å². The Hall–Kier alpha value is 0. The van der Waals surface area contributed by atoms with Gasteiger partial charge < -0.3 is 0 Å². The molecule has 13 heavy (non-hydrogen) atoms. The maximum absolute atomic E-state index is 2.46. The molecule has 0 N–H and O–H groups in total. The van der Waals surface area contributed by atoms with E-state index in [0.717, 1.165) is 23.7 Å². The number of hydrogen-bond acceptors (Lipinski definition) is 0. The molecule has 1 rings (SSSR count). The quantitative estimate of drug-likeness (QED) is 0.600. The van der Waals surface area contributed by atoms with Crippen LogP contribution in [0, 0.1) is 23.7 Å². The van der Waals surface area contributed by atoms with Crippen molar-refractivity contribution in [2.45, 2.75) is 59.8 Å². The van der Waals surface area contributed by atoms with Gasteiger partial charge in [0, 0.05) is 0 Å². The van der Waals surface area contributed by atoms with Gasteiger partial charge in [-0.05, 0) is 30.1 Å². The second-order valence-electron chi connectivity index (χ2n) is 5.05. The molecule has 78 valence electrons. The Kier molecular flexibility index (Phi) is 4.28. The van der Waals surface area contributed by atoms with Crippen molar-refractivity contribution in [1.82, 2.24) is 0 Å². The Morgan fingerprint density at radius 3 is 2.38 bits per heavy atom. The van der Waals surface area contributed by atoms with Crippen molar-refractivity contribution in [2.75, 3.05) is 0 Å². The van der Waals surface area contributed by atoms with Gasteiger partial charge in [-0.2, -0.15) is 0 Å². The Morgan fingerprint density at radius 2 is 1.85 bits per heavy atom. The summed E-state index contributed by atoms with van der Waals surface area (Å²) < 4.78 is 0. The smallest absolute Gasteiger partial charge is 0.0360 e. The van der Waals surface area contributed by atoms with E-state index in [9.17, 15) is 0 Å². The molecule has 4 atom stereocenters. The zero-order chi connectivity index (χ0) is 9.84. The maximum atomic E-state index is 2.46. The van der Waals surface area contributed by atoms with Crippen molar-refractivity contribution in [3.63, 3.8) is 0 Å². The Balaban J connectivity index is 2.44. The summed E-state index contributed by atoms with van der Waals surface area (Å²) in [4.78, 5) is 0. The van der Waals surface area contributed by atoms with E-state index in [1.807, 2.05) is 0 Å². The average Bonchev–Trinajstić information content (AvgIpc) is 2.39. The van der Waals surface area contributed by atoms with Crippen LogP contribution in [0.3, 0.4) is 0 Å². The van der Waals surface area contributed by atoms with Gasteiger partial charge in [0.15, 0.2) is 0 Å². The fourth-order valence-corrected chi connectivity index (χ4v) is 3.22. The average molecular weight is 182 g/mol. The van der Waals surface area contributed by atoms with Gasteiger partial charge in [-0.3, -0.25) is 0 Å². The van der Waals surface area contributed by atoms with E-state index >= 15 is 0 Å². The summed E-state index contributed by atoms with van der Waals surface area (Å²) in [7, 11) is 0. The molecule has 0 aromatic rings. The minimum Gasteiger partial charge on any atom is -0.0654 e. The van der Waals surface area contributed by atoms with Crippen molar-refractivity contribution in [1.29, 1.82) is 0 Å². The van der Waals surface area contributed by atoms with Crippen LogP contribution < -0.4 is 0 Å². The molecule has 1 aliphatic rings. The van der Waals surface area contributed by atoms with Crippen LogP contribution in [0.5, 0.6) is 0 Å². The lowest BCUT2D eigenvalue weighted by Gasteiger charge is -2.21. The Labute approximate surface area is 84.1 Å². The van der Waals surface area contributed by atoms with E-state index in [1.54, 1.807) is 0 Å². The normalized spacial score (nSPS) is 39.7. The summed E-state index contributed by atoms with van der Waals surface area (Å²) in [6.07, 6.45) is 7.21. The summed E-state index contributed by atoms with van der Waals surface area (Å²) in [6, 6.07) is 0. The van der Waals surface area contributed by atoms with E-state index < -0.39 is 0 Å². The zero-order valence-corrected chi connectivity index (χ0v) is 9.84. The molecule has 0 nitrogen and oxygen atoms in total. The third-order valence-electron chi connectivity index (χ3n) is 4.25. The van der Waals surface area contributed by atoms with Crippen LogP contribution in [0.15, 0.2) is 0 Å². The summed E-state index contributed by atoms with van der Waals surface area (Å²) >= 11 is 0. The van der Waals surface area contributed by atoms with E-state index in [-0.39, 0.29) is 0 Å². The molecule has 0 saturated heterocycles. The molecular weight excluding hydrogens is 156 g/mol. The first-order chi connectivity index (χ1) is 6.20. The maximum Gasteiger partial charge on any atom is -0.0360 e. The SMILES string of the molecule is CCCCC1CC(C)C(C)C1CC. The van der Waals surface area contributed by atoms with Gasteiger partial charge in [0.1, 0.15) is 0 Å². The van der Waals surface area contributed by atoms with Crippen molar-refractivity contribution in [3.05, 3.63) is 0 Å². The fraction of sp³-hybridized carbons (Fsp3) is 1.00. The lowest BCUT2D eigenvalue weighted by molar-refractivity contribution is 0.287. The highest BCUT2D eigenvalue weighted by Crippen LogP contribution is 2.44. The summed E-state index contributed by atoms with van der Waals surface area (Å²) in [6.45, 7) is 9.59. The lowest BCUT2D eigenvalue weighted by Crippen LogP contribution is -2.13. The molecule has 0 heterocycles. The van der Waals surface area contributed by atoms with Crippen molar-refractivity contribution < 1.29 is 0 Å². The van der Waals surface area contributed by atoms with Crippen LogP contribution in [-0.4, -0.2) is 0 Å². The van der Waals surface area contributed by atoms with Gasteiger partial charge in [-0.1, -0.05) is 53.4 Å². The van der Waals surface area contributed by atoms with Gasteiger partial charge in [0.2, 0.25) is 0 Å². The standard InChI is InChI=1S/C13H26/c1-5-7-8-12-9-10(3)11(4)13(12)6-2/h10-13H,5-9H2,1-4H3. The van der Waals surface area contributed by atoms with Gasteiger partial charge in [0.05, 0.1) is 0 Å². The summed E-state index contributed by atoms with van der Waals surface area (Å²) in [5, 5.41) is 0. The van der Waals surface area contributed by atoms with Gasteiger partial charge in [-0.25, -0.2) is 0 Å². The molecule has 1 fully saturated rings. The van der Waals surface area contributed by atoms with E-state index in [2.05, 4.69) is 27.7 Å². The molecule has 0 bridgehead atoms. The molecule has 1 aliphatic carbocycles. The minimum atomic E-state index is 0.979. The lowest BCUT2D eigenvalue weighted by atomic mass is 9.84. The second kappa shape index (κ2) is 5.02. The molecule has 0 aromatic heterocycles. The van der Waals surface area contributed by atoms with Crippen LogP contribution in [0.25, 0.3) is 0 Å². The van der Waals surface area contributed by atoms with Crippen LogP contribution in [-0.2, 0) is 0 Å². The van der Waals surface area contributed by atoms with Gasteiger partial charge >= 0.3 is 0 Å². The molecule has 1 saturated carbocycles. The number of unbranched alkanes of at least 4 members (excludes halogenated alkanes) is 1. The van der Waals surface area contributed by atoms with E-state index in [4.69, 9.17) is 0 Å². The van der Waals surface area contributed by atoms with E-state index in [0.29, 0.717) is 0 Å². The predicted molar refractivity (Wildman–Crippen MR) is 59.7 cm³/mol. The van der Waals surface area contributed by atoms with Gasteiger partial charge in [0.25, 0.3) is 0 Å². The third kappa shape index (κ3) is 2.48. The molecule has 0 radical (unpaired) electrons. The van der Waals surface area contributed by atoms with E-state index in [1.165, 1.54) is 32.1 Å². The molecule has 4 unspecified atom stereocenters. The molecule has 0 heteroatoms. The van der Waals surface area contributed by atoms with Crippen LogP contribution >= 0.6 is 0 Å². The highest BCUT2D eigenvalue weighted by atomic mass is 14.4. The molecule has 0 aromatic carbocycles. The highest BCUT2D eigenvalue weighted by Gasteiger charge is 2.36. The number of rotatable bonds is 4. The first kappa shape index (κ1) is 11.1. The first-order valence-corrected chi connectivity index (χ1v) is 6.20. The van der Waals surface area contributed by atoms with Gasteiger partial charge in [-0.15, -0.1) is 0 Å². The molecule has 0 aliphatic heterocycles. The zero-order valence-electron chi connectivity index (χ0n) is 9.84. The molecule has 0 spiro atoms. The van der Waals surface area contributed by atoms with Crippen molar-refractivity contribution >= 4 is 0 Å².